The van der Waals surface area contributed by atoms with E-state index in [0.717, 1.165) is 57.0 Å². The Morgan fingerprint density at radius 3 is 2.46 bits per heavy atom. The molecule has 0 aliphatic heterocycles. The van der Waals surface area contributed by atoms with E-state index in [1.54, 1.807) is 0 Å². The fraction of sp³-hybridized carbons (Fsp3) is 0.455. The van der Waals surface area contributed by atoms with Crippen LogP contribution in [0.25, 0.3) is 11.2 Å². The average Bonchev–Trinajstić information content (AvgIpc) is 3.22. The van der Waals surface area contributed by atoms with Crippen LogP contribution in [-0.4, -0.2) is 47.0 Å². The standard InChI is InChI=1S/C13H18Br2N2O.C9H10N4O4/c14-9-5-8(13(16)12(15)6-9)7-17-10-1-3-11(18)4-2-10;1-11-7-6(8(16)12(2)9(11)17)13(4-10-7)3-5(14)15/h5-6,10-11,17-18H,1-4,7,16H2;4H,3H2,1-2H3,(H,14,15). The molecule has 4 rings (SSSR count). The first-order chi connectivity index (χ1) is 16.5. The largest absolute Gasteiger partial charge is 0.480 e. The number of hydrogen-bond acceptors (Lipinski definition) is 7. The van der Waals surface area contributed by atoms with Gasteiger partial charge in [0.2, 0.25) is 0 Å². The highest BCUT2D eigenvalue weighted by atomic mass is 79.9. The van der Waals surface area contributed by atoms with Crippen LogP contribution in [0.3, 0.4) is 0 Å². The molecule has 35 heavy (non-hydrogen) atoms. The van der Waals surface area contributed by atoms with Crippen molar-refractivity contribution in [2.24, 2.45) is 14.1 Å². The fourth-order valence-corrected chi connectivity index (χ4v) is 5.29. The molecule has 0 atom stereocenters. The molecule has 2 heterocycles. The van der Waals surface area contributed by atoms with Crippen molar-refractivity contribution in [3.8, 4) is 0 Å². The number of aromatic nitrogens is 4. The first-order valence-corrected chi connectivity index (χ1v) is 12.6. The molecule has 11 nitrogen and oxygen atoms in total. The molecule has 0 radical (unpaired) electrons. The number of nitrogens with two attached hydrogens (primary N) is 1. The first kappa shape index (κ1) is 27.1. The zero-order valence-corrected chi connectivity index (χ0v) is 22.5. The smallest absolute Gasteiger partial charge is 0.332 e. The lowest BCUT2D eigenvalue weighted by molar-refractivity contribution is -0.137. The SMILES string of the molecule is Cn1c(=O)c2c(ncn2CC(=O)O)n(C)c1=O.Nc1c(Br)cc(Br)cc1CNC1CCC(O)CC1. The number of imidazole rings is 1. The molecule has 0 saturated heterocycles. The molecule has 0 amide bonds. The first-order valence-electron chi connectivity index (χ1n) is 11.0. The molecule has 1 aliphatic carbocycles. The van der Waals surface area contributed by atoms with Gasteiger partial charge in [0.15, 0.2) is 11.2 Å². The molecular weight excluding hydrogens is 588 g/mol. The number of aliphatic hydroxyl groups is 1. The summed E-state index contributed by atoms with van der Waals surface area (Å²) in [4.78, 5) is 38.0. The second-order valence-corrected chi connectivity index (χ2v) is 10.3. The number of carbonyl (C=O) groups is 1. The van der Waals surface area contributed by atoms with Crippen molar-refractivity contribution in [1.29, 1.82) is 0 Å². The minimum absolute atomic E-state index is 0.104. The Bertz CT molecular complexity index is 1340. The maximum atomic E-state index is 11.9. The molecule has 0 bridgehead atoms. The highest BCUT2D eigenvalue weighted by Crippen LogP contribution is 2.28. The Balaban J connectivity index is 0.000000196. The van der Waals surface area contributed by atoms with Crippen LogP contribution in [0.2, 0.25) is 0 Å². The molecule has 5 N–H and O–H groups in total. The lowest BCUT2D eigenvalue weighted by Crippen LogP contribution is -2.37. The van der Waals surface area contributed by atoms with Gasteiger partial charge >= 0.3 is 11.7 Å². The number of fused-ring (bicyclic) bond motifs is 1. The minimum atomic E-state index is -1.08. The number of hydrogen-bond donors (Lipinski definition) is 4. The monoisotopic (exact) mass is 614 g/mol. The number of carboxylic acids is 1. The summed E-state index contributed by atoms with van der Waals surface area (Å²) in [6.07, 6.45) is 5.00. The van der Waals surface area contributed by atoms with Crippen molar-refractivity contribution in [3.05, 3.63) is 53.8 Å². The number of anilines is 1. The summed E-state index contributed by atoms with van der Waals surface area (Å²) in [5.74, 6) is -1.08. The lowest BCUT2D eigenvalue weighted by Gasteiger charge is -2.26. The number of nitrogens with zero attached hydrogens (tertiary/aromatic N) is 4. The van der Waals surface area contributed by atoms with Crippen LogP contribution in [0.15, 0.2) is 37.0 Å². The molecule has 0 unspecified atom stereocenters. The normalized spacial score (nSPS) is 17.7. The van der Waals surface area contributed by atoms with Gasteiger partial charge in [0.1, 0.15) is 6.54 Å². The van der Waals surface area contributed by atoms with E-state index in [2.05, 4.69) is 42.2 Å². The summed E-state index contributed by atoms with van der Waals surface area (Å²) >= 11 is 6.93. The van der Waals surface area contributed by atoms with E-state index in [1.165, 1.54) is 29.6 Å². The number of aryl methyl sites for hydroxylation is 1. The molecule has 1 aliphatic rings. The molecule has 1 fully saturated rings. The summed E-state index contributed by atoms with van der Waals surface area (Å²) in [5.41, 5.74) is 7.17. The van der Waals surface area contributed by atoms with Gasteiger partial charge in [0.05, 0.1) is 18.1 Å². The number of nitrogens with one attached hydrogen (secondary N) is 1. The number of carboxylic acid groups (broad SMARTS) is 1. The van der Waals surface area contributed by atoms with Crippen LogP contribution >= 0.6 is 31.9 Å². The Labute approximate surface area is 217 Å². The number of nitrogen functional groups attached to an aromatic ring is 1. The highest BCUT2D eigenvalue weighted by molar-refractivity contribution is 9.11. The Kier molecular flexibility index (Phi) is 8.91. The zero-order chi connectivity index (χ0) is 25.9. The average molecular weight is 616 g/mol. The topological polar surface area (TPSA) is 157 Å². The quantitative estimate of drug-likeness (QED) is 0.316. The molecule has 1 aromatic carbocycles. The Morgan fingerprint density at radius 1 is 1.17 bits per heavy atom. The number of aliphatic carboxylic acids is 1. The predicted octanol–water partition coefficient (Wildman–Crippen LogP) is 1.71. The molecule has 13 heteroatoms. The van der Waals surface area contributed by atoms with E-state index in [-0.39, 0.29) is 23.8 Å². The third-order valence-corrected chi connectivity index (χ3v) is 7.09. The minimum Gasteiger partial charge on any atom is -0.480 e. The van der Waals surface area contributed by atoms with Crippen LogP contribution in [0.5, 0.6) is 0 Å². The van der Waals surface area contributed by atoms with Crippen molar-refractivity contribution < 1.29 is 15.0 Å². The van der Waals surface area contributed by atoms with Crippen molar-refractivity contribution in [2.45, 2.75) is 50.9 Å². The number of aliphatic hydroxyl groups excluding tert-OH is 1. The number of halogens is 2. The second-order valence-electron chi connectivity index (χ2n) is 8.49. The highest BCUT2D eigenvalue weighted by Gasteiger charge is 2.19. The number of rotatable bonds is 5. The van der Waals surface area contributed by atoms with Crippen molar-refractivity contribution in [1.82, 2.24) is 24.0 Å². The fourth-order valence-electron chi connectivity index (χ4n) is 3.98. The summed E-state index contributed by atoms with van der Waals surface area (Å²) in [7, 11) is 2.81. The van der Waals surface area contributed by atoms with Gasteiger partial charge in [-0.15, -0.1) is 0 Å². The third kappa shape index (κ3) is 6.40. The molecular formula is C22H28Br2N6O5. The molecule has 0 spiro atoms. The molecule has 1 saturated carbocycles. The maximum Gasteiger partial charge on any atom is 0.332 e. The van der Waals surface area contributed by atoms with Gasteiger partial charge in [-0.1, -0.05) is 15.9 Å². The molecule has 3 aromatic rings. The third-order valence-electron chi connectivity index (χ3n) is 5.98. The zero-order valence-electron chi connectivity index (χ0n) is 19.4. The summed E-state index contributed by atoms with van der Waals surface area (Å²) in [6.45, 7) is 0.397. The van der Waals surface area contributed by atoms with E-state index >= 15 is 0 Å². The van der Waals surface area contributed by atoms with Gasteiger partial charge in [-0.05, 0) is 59.3 Å². The van der Waals surface area contributed by atoms with Gasteiger partial charge in [-0.25, -0.2) is 9.78 Å². The molecule has 190 valence electrons. The van der Waals surface area contributed by atoms with Gasteiger partial charge in [0.25, 0.3) is 5.56 Å². The maximum absolute atomic E-state index is 11.9. The van der Waals surface area contributed by atoms with Gasteiger partial charge in [-0.3, -0.25) is 18.7 Å². The van der Waals surface area contributed by atoms with E-state index < -0.39 is 17.2 Å². The van der Waals surface area contributed by atoms with Gasteiger partial charge in [-0.2, -0.15) is 0 Å². The van der Waals surface area contributed by atoms with E-state index in [4.69, 9.17) is 10.8 Å². The van der Waals surface area contributed by atoms with Crippen molar-refractivity contribution in [3.63, 3.8) is 0 Å². The Hall–Kier alpha value is -2.48. The van der Waals surface area contributed by atoms with Crippen LogP contribution in [0.4, 0.5) is 5.69 Å². The van der Waals surface area contributed by atoms with Gasteiger partial charge in [0, 0.05) is 35.6 Å². The molecule has 2 aromatic heterocycles. The van der Waals surface area contributed by atoms with Crippen LogP contribution < -0.4 is 22.3 Å². The lowest BCUT2D eigenvalue weighted by atomic mass is 9.93. The summed E-state index contributed by atoms with van der Waals surface area (Å²) in [5, 5.41) is 21.7. The second kappa shape index (κ2) is 11.5. The van der Waals surface area contributed by atoms with Crippen LogP contribution in [0, 0.1) is 0 Å². The van der Waals surface area contributed by atoms with Crippen LogP contribution in [-0.2, 0) is 32.0 Å². The summed E-state index contributed by atoms with van der Waals surface area (Å²) in [6, 6.07) is 4.49. The van der Waals surface area contributed by atoms with Crippen molar-refractivity contribution in [2.75, 3.05) is 5.73 Å². The Morgan fingerprint density at radius 2 is 1.83 bits per heavy atom. The predicted molar refractivity (Wildman–Crippen MR) is 139 cm³/mol. The summed E-state index contributed by atoms with van der Waals surface area (Å²) < 4.78 is 5.28. The van der Waals surface area contributed by atoms with Gasteiger partial charge < -0.3 is 25.8 Å². The van der Waals surface area contributed by atoms with E-state index in [0.29, 0.717) is 6.04 Å². The van der Waals surface area contributed by atoms with E-state index in [9.17, 15) is 19.5 Å². The van der Waals surface area contributed by atoms with Crippen molar-refractivity contribution >= 4 is 54.7 Å². The number of benzene rings is 1. The van der Waals surface area contributed by atoms with Crippen LogP contribution in [0.1, 0.15) is 31.2 Å². The van der Waals surface area contributed by atoms with E-state index in [1.807, 2.05) is 12.1 Å².